The highest BCUT2D eigenvalue weighted by molar-refractivity contribution is 5.34. The maximum Gasteiger partial charge on any atom is 0.122 e. The molecule has 1 aromatic rings. The van der Waals surface area contributed by atoms with Crippen molar-refractivity contribution in [1.82, 2.24) is 5.32 Å². The second kappa shape index (κ2) is 5.51. The normalized spacial score (nSPS) is 25.0. The van der Waals surface area contributed by atoms with E-state index in [1.807, 2.05) is 0 Å². The summed E-state index contributed by atoms with van der Waals surface area (Å²) < 4.78 is 11.3. The molecule has 1 N–H and O–H groups in total. The maximum atomic E-state index is 6.05. The first kappa shape index (κ1) is 12.9. The highest BCUT2D eigenvalue weighted by Gasteiger charge is 2.34. The van der Waals surface area contributed by atoms with Crippen LogP contribution in [0, 0.1) is 5.41 Å². The summed E-state index contributed by atoms with van der Waals surface area (Å²) in [6.07, 6.45) is 3.65. The zero-order valence-electron chi connectivity index (χ0n) is 11.7. The number of hydrogen-bond acceptors (Lipinski definition) is 3. The lowest BCUT2D eigenvalue weighted by molar-refractivity contribution is -0.120. The maximum absolute atomic E-state index is 6.05. The molecule has 19 heavy (non-hydrogen) atoms. The molecule has 0 radical (unpaired) electrons. The van der Waals surface area contributed by atoms with Gasteiger partial charge in [-0.25, -0.2) is 0 Å². The van der Waals surface area contributed by atoms with Gasteiger partial charge in [-0.2, -0.15) is 0 Å². The Kier molecular flexibility index (Phi) is 3.76. The van der Waals surface area contributed by atoms with Gasteiger partial charge in [-0.1, -0.05) is 25.1 Å². The molecule has 0 bridgehead atoms. The Bertz CT molecular complexity index is 423. The first-order valence-electron chi connectivity index (χ1n) is 7.27. The highest BCUT2D eigenvalue weighted by atomic mass is 16.5. The molecule has 2 heterocycles. The molecule has 0 saturated carbocycles. The van der Waals surface area contributed by atoms with Crippen molar-refractivity contribution >= 4 is 0 Å². The van der Waals surface area contributed by atoms with E-state index in [1.165, 1.54) is 18.4 Å². The van der Waals surface area contributed by atoms with Crippen molar-refractivity contribution in [2.24, 2.45) is 5.41 Å². The Morgan fingerprint density at radius 1 is 1.37 bits per heavy atom. The molecule has 2 saturated heterocycles. The van der Waals surface area contributed by atoms with Crippen molar-refractivity contribution in [1.29, 1.82) is 0 Å². The van der Waals surface area contributed by atoms with Gasteiger partial charge in [0.1, 0.15) is 5.75 Å². The van der Waals surface area contributed by atoms with E-state index < -0.39 is 0 Å². The number of nitrogens with one attached hydrogen (secondary N) is 1. The van der Waals surface area contributed by atoms with Crippen LogP contribution in [0.5, 0.6) is 5.75 Å². The molecular formula is C16H23NO2. The fourth-order valence-electron chi connectivity index (χ4n) is 2.80. The van der Waals surface area contributed by atoms with Gasteiger partial charge in [0.25, 0.3) is 0 Å². The molecule has 0 aromatic heterocycles. The summed E-state index contributed by atoms with van der Waals surface area (Å²) in [5.74, 6) is 1.05. The molecule has 2 aliphatic rings. The average molecular weight is 261 g/mol. The molecule has 0 aliphatic carbocycles. The van der Waals surface area contributed by atoms with Crippen LogP contribution in [0.1, 0.15) is 25.3 Å². The number of benzene rings is 1. The van der Waals surface area contributed by atoms with E-state index in [0.29, 0.717) is 6.04 Å². The Labute approximate surface area is 115 Å². The summed E-state index contributed by atoms with van der Waals surface area (Å²) in [6, 6.07) is 9.06. The van der Waals surface area contributed by atoms with E-state index in [0.717, 1.165) is 38.5 Å². The molecule has 0 amide bonds. The molecule has 1 atom stereocenters. The van der Waals surface area contributed by atoms with Gasteiger partial charge < -0.3 is 14.8 Å². The fourth-order valence-corrected chi connectivity index (χ4v) is 2.80. The largest absolute Gasteiger partial charge is 0.493 e. The lowest BCUT2D eigenvalue weighted by Gasteiger charge is -2.37. The second-order valence-electron chi connectivity index (χ2n) is 6.20. The molecule has 104 valence electrons. The van der Waals surface area contributed by atoms with Crippen LogP contribution < -0.4 is 10.1 Å². The number of para-hydroxylation sites is 1. The van der Waals surface area contributed by atoms with Crippen molar-refractivity contribution in [2.75, 3.05) is 26.4 Å². The summed E-state index contributed by atoms with van der Waals surface area (Å²) in [5, 5.41) is 3.55. The van der Waals surface area contributed by atoms with Crippen LogP contribution in [-0.2, 0) is 11.2 Å². The first-order chi connectivity index (χ1) is 9.25. The lowest BCUT2D eigenvalue weighted by Crippen LogP contribution is -2.44. The average Bonchev–Trinajstić information content (AvgIpc) is 2.88. The summed E-state index contributed by atoms with van der Waals surface area (Å²) in [7, 11) is 0. The van der Waals surface area contributed by atoms with Gasteiger partial charge in [-0.05, 0) is 37.4 Å². The molecule has 3 heteroatoms. The van der Waals surface area contributed by atoms with Crippen molar-refractivity contribution in [2.45, 2.75) is 32.2 Å². The third-order valence-corrected chi connectivity index (χ3v) is 4.08. The predicted octanol–water partition coefficient (Wildman–Crippen LogP) is 2.40. The number of ether oxygens (including phenoxy) is 2. The van der Waals surface area contributed by atoms with Gasteiger partial charge >= 0.3 is 0 Å². The van der Waals surface area contributed by atoms with E-state index in [-0.39, 0.29) is 5.41 Å². The number of hydrogen-bond donors (Lipinski definition) is 1. The van der Waals surface area contributed by atoms with E-state index in [1.54, 1.807) is 0 Å². The van der Waals surface area contributed by atoms with E-state index in [9.17, 15) is 0 Å². The van der Waals surface area contributed by atoms with Crippen molar-refractivity contribution in [3.05, 3.63) is 29.8 Å². The smallest absolute Gasteiger partial charge is 0.122 e. The zero-order chi connectivity index (χ0) is 13.1. The lowest BCUT2D eigenvalue weighted by atomic mass is 9.90. The van der Waals surface area contributed by atoms with Gasteiger partial charge in [0.15, 0.2) is 0 Å². The molecule has 3 rings (SSSR count). The molecule has 3 nitrogen and oxygen atoms in total. The summed E-state index contributed by atoms with van der Waals surface area (Å²) >= 11 is 0. The third-order valence-electron chi connectivity index (χ3n) is 4.08. The van der Waals surface area contributed by atoms with Crippen molar-refractivity contribution < 1.29 is 9.47 Å². The van der Waals surface area contributed by atoms with E-state index in [4.69, 9.17) is 9.47 Å². The van der Waals surface area contributed by atoms with Crippen LogP contribution in [0.2, 0.25) is 0 Å². The molecule has 0 spiro atoms. The van der Waals surface area contributed by atoms with Gasteiger partial charge in [-0.3, -0.25) is 0 Å². The van der Waals surface area contributed by atoms with Gasteiger partial charge in [0.2, 0.25) is 0 Å². The third kappa shape index (κ3) is 3.10. The van der Waals surface area contributed by atoms with Gasteiger partial charge in [0.05, 0.1) is 19.8 Å². The Morgan fingerprint density at radius 3 is 2.89 bits per heavy atom. The molecular weight excluding hydrogens is 238 g/mol. The zero-order valence-corrected chi connectivity index (χ0v) is 11.7. The van der Waals surface area contributed by atoms with Gasteiger partial charge in [-0.15, -0.1) is 0 Å². The van der Waals surface area contributed by atoms with Crippen LogP contribution in [-0.4, -0.2) is 32.4 Å². The Hall–Kier alpha value is -1.06. The molecule has 2 aliphatic heterocycles. The molecule has 2 fully saturated rings. The van der Waals surface area contributed by atoms with Crippen LogP contribution in [0.3, 0.4) is 0 Å². The van der Waals surface area contributed by atoms with Crippen LogP contribution >= 0.6 is 0 Å². The minimum Gasteiger partial charge on any atom is -0.493 e. The van der Waals surface area contributed by atoms with E-state index in [2.05, 4.69) is 36.5 Å². The molecule has 1 unspecified atom stereocenters. The predicted molar refractivity (Wildman–Crippen MR) is 75.6 cm³/mol. The second-order valence-corrected chi connectivity index (χ2v) is 6.20. The number of rotatable bonds is 5. The van der Waals surface area contributed by atoms with Crippen LogP contribution in [0.15, 0.2) is 24.3 Å². The van der Waals surface area contributed by atoms with Crippen molar-refractivity contribution in [3.63, 3.8) is 0 Å². The summed E-state index contributed by atoms with van der Waals surface area (Å²) in [4.78, 5) is 0. The summed E-state index contributed by atoms with van der Waals surface area (Å²) in [6.45, 7) is 5.77. The van der Waals surface area contributed by atoms with Crippen LogP contribution in [0.25, 0.3) is 0 Å². The molecule has 1 aromatic carbocycles. The quantitative estimate of drug-likeness (QED) is 0.883. The topological polar surface area (TPSA) is 30.5 Å². The Morgan fingerprint density at radius 2 is 2.21 bits per heavy atom. The summed E-state index contributed by atoms with van der Waals surface area (Å²) in [5.41, 5.74) is 1.53. The van der Waals surface area contributed by atoms with Crippen LogP contribution in [0.4, 0.5) is 0 Å². The van der Waals surface area contributed by atoms with Gasteiger partial charge in [0, 0.05) is 11.5 Å². The Balaban J connectivity index is 1.62. The monoisotopic (exact) mass is 261 g/mol. The standard InChI is InChI=1S/C16H23NO2/c1-16(10-18-11-16)12-19-15-7-3-2-5-13(15)9-14-6-4-8-17-14/h2-3,5,7,14,17H,4,6,8-12H2,1H3. The SMILES string of the molecule is CC1(COc2ccccc2CC2CCCN2)COC1. The minimum absolute atomic E-state index is 0.207. The first-order valence-corrected chi connectivity index (χ1v) is 7.27. The fraction of sp³-hybridized carbons (Fsp3) is 0.625. The highest BCUT2D eigenvalue weighted by Crippen LogP contribution is 2.29. The minimum atomic E-state index is 0.207. The van der Waals surface area contributed by atoms with E-state index >= 15 is 0 Å². The van der Waals surface area contributed by atoms with Crippen molar-refractivity contribution in [3.8, 4) is 5.75 Å².